The maximum Gasteiger partial charge on any atom is 0.444 e. The van der Waals surface area contributed by atoms with Crippen LogP contribution >= 0.6 is 0 Å². The Morgan fingerprint density at radius 3 is 2.50 bits per heavy atom. The van der Waals surface area contributed by atoms with Gasteiger partial charge in [-0.25, -0.2) is 9.59 Å². The van der Waals surface area contributed by atoms with Crippen LogP contribution in [0.3, 0.4) is 0 Å². The van der Waals surface area contributed by atoms with Crippen molar-refractivity contribution in [2.45, 2.75) is 45.6 Å². The third-order valence-corrected chi connectivity index (χ3v) is 2.69. The number of isocyanates is 1. The molecule has 1 aliphatic carbocycles. The van der Waals surface area contributed by atoms with Crippen LogP contribution < -0.4 is 0 Å². The van der Waals surface area contributed by atoms with E-state index in [-0.39, 0.29) is 6.10 Å². The number of rotatable bonds is 1. The molecule has 0 spiro atoms. The number of hydrogen-bond donors (Lipinski definition) is 0. The first-order chi connectivity index (χ1) is 6.53. The molecular formula is C10H15NO3. The summed E-state index contributed by atoms with van der Waals surface area (Å²) in [7, 11) is 0. The molecule has 0 aromatic heterocycles. The summed E-state index contributed by atoms with van der Waals surface area (Å²) in [6.07, 6.45) is 4.07. The Hall–Kier alpha value is -1.15. The molecule has 0 aliphatic heterocycles. The number of hydrogen-bond acceptors (Lipinski definition) is 3. The van der Waals surface area contributed by atoms with Crippen molar-refractivity contribution in [3.05, 3.63) is 0 Å². The highest BCUT2D eigenvalue weighted by Gasteiger charge is 2.28. The zero-order valence-corrected chi connectivity index (χ0v) is 8.58. The number of aliphatic imine (C=N–C) groups is 1. The molecule has 0 unspecified atom stereocenters. The molecular weight excluding hydrogens is 182 g/mol. The lowest BCUT2D eigenvalue weighted by atomic mass is 9.76. The number of carbonyl (C=O) groups is 1. The summed E-state index contributed by atoms with van der Waals surface area (Å²) in [5.74, 6) is 0. The monoisotopic (exact) mass is 197 g/mol. The summed E-state index contributed by atoms with van der Waals surface area (Å²) in [6.45, 7) is 4.41. The molecule has 0 radical (unpaired) electrons. The molecule has 0 atom stereocenters. The highest BCUT2D eigenvalue weighted by atomic mass is 16.6. The second-order valence-electron chi connectivity index (χ2n) is 4.45. The average molecular weight is 197 g/mol. The van der Waals surface area contributed by atoms with Gasteiger partial charge in [0.15, 0.2) is 0 Å². The summed E-state index contributed by atoms with van der Waals surface area (Å²) >= 11 is 0. The highest BCUT2D eigenvalue weighted by molar-refractivity contribution is 5.74. The molecule has 78 valence electrons. The Morgan fingerprint density at radius 1 is 1.43 bits per heavy atom. The molecule has 0 aromatic rings. The lowest BCUT2D eigenvalue weighted by Gasteiger charge is -2.33. The smallest absolute Gasteiger partial charge is 0.444 e. The van der Waals surface area contributed by atoms with Crippen LogP contribution in [0.4, 0.5) is 4.79 Å². The number of amides is 1. The van der Waals surface area contributed by atoms with Gasteiger partial charge in [-0.2, -0.15) is 0 Å². The van der Waals surface area contributed by atoms with E-state index in [4.69, 9.17) is 4.74 Å². The molecule has 14 heavy (non-hydrogen) atoms. The summed E-state index contributed by atoms with van der Waals surface area (Å²) in [5.41, 5.74) is 0.344. The molecule has 0 saturated heterocycles. The van der Waals surface area contributed by atoms with Gasteiger partial charge in [0.05, 0.1) is 0 Å². The molecule has 0 heterocycles. The van der Waals surface area contributed by atoms with E-state index in [1.165, 1.54) is 6.08 Å². The quantitative estimate of drug-likeness (QED) is 0.479. The van der Waals surface area contributed by atoms with Gasteiger partial charge in [-0.3, -0.25) is 0 Å². The molecule has 4 nitrogen and oxygen atoms in total. The van der Waals surface area contributed by atoms with E-state index in [0.29, 0.717) is 5.41 Å². The normalized spacial score (nSPS) is 21.0. The number of ether oxygens (including phenoxy) is 1. The van der Waals surface area contributed by atoms with Crippen LogP contribution in [0.5, 0.6) is 0 Å². The summed E-state index contributed by atoms with van der Waals surface area (Å²) in [5, 5.41) is 0. The van der Waals surface area contributed by atoms with Crippen LogP contribution in [0.2, 0.25) is 0 Å². The van der Waals surface area contributed by atoms with Gasteiger partial charge in [0.25, 0.3) is 0 Å². The van der Waals surface area contributed by atoms with Crippen molar-refractivity contribution < 1.29 is 14.3 Å². The Morgan fingerprint density at radius 2 is 2.00 bits per heavy atom. The summed E-state index contributed by atoms with van der Waals surface area (Å²) in [6, 6.07) is 0. The zero-order valence-electron chi connectivity index (χ0n) is 8.58. The molecule has 1 rings (SSSR count). The van der Waals surface area contributed by atoms with Gasteiger partial charge >= 0.3 is 6.09 Å². The van der Waals surface area contributed by atoms with Crippen molar-refractivity contribution in [2.75, 3.05) is 0 Å². The van der Waals surface area contributed by atoms with Crippen LogP contribution in [0.25, 0.3) is 0 Å². The highest BCUT2D eigenvalue weighted by Crippen LogP contribution is 2.36. The van der Waals surface area contributed by atoms with Gasteiger partial charge in [-0.15, -0.1) is 0 Å². The lowest BCUT2D eigenvalue weighted by Crippen LogP contribution is -2.27. The molecule has 1 fully saturated rings. The van der Waals surface area contributed by atoms with Crippen molar-refractivity contribution >= 4 is 12.2 Å². The minimum absolute atomic E-state index is 0.0763. The van der Waals surface area contributed by atoms with Gasteiger partial charge in [0.2, 0.25) is 6.08 Å². The third-order valence-electron chi connectivity index (χ3n) is 2.69. The predicted octanol–water partition coefficient (Wildman–Crippen LogP) is 2.43. The Balaban J connectivity index is 2.36. The fourth-order valence-corrected chi connectivity index (χ4v) is 1.70. The van der Waals surface area contributed by atoms with E-state index in [2.05, 4.69) is 18.8 Å². The zero-order chi connectivity index (χ0) is 10.6. The molecule has 0 aromatic carbocycles. The molecule has 1 amide bonds. The van der Waals surface area contributed by atoms with E-state index >= 15 is 0 Å². The van der Waals surface area contributed by atoms with Crippen LogP contribution in [0, 0.1) is 5.41 Å². The molecule has 1 saturated carbocycles. The summed E-state index contributed by atoms with van der Waals surface area (Å²) < 4.78 is 4.96. The fraction of sp³-hybridized carbons (Fsp3) is 0.800. The van der Waals surface area contributed by atoms with Crippen molar-refractivity contribution in [2.24, 2.45) is 10.4 Å². The first kappa shape index (κ1) is 10.9. The van der Waals surface area contributed by atoms with E-state index < -0.39 is 6.09 Å². The van der Waals surface area contributed by atoms with E-state index in [1.54, 1.807) is 0 Å². The second kappa shape index (κ2) is 4.38. The topological polar surface area (TPSA) is 55.7 Å². The minimum Gasteiger partial charge on any atom is -0.444 e. The molecule has 0 N–H and O–H groups in total. The molecule has 4 heteroatoms. The van der Waals surface area contributed by atoms with E-state index in [1.807, 2.05) is 0 Å². The molecule has 1 aliphatic rings. The maximum atomic E-state index is 10.8. The SMILES string of the molecule is CC1(C)CCC(OC(=O)N=C=O)CC1. The van der Waals surface area contributed by atoms with Crippen molar-refractivity contribution in [1.29, 1.82) is 0 Å². The molecule has 0 bridgehead atoms. The van der Waals surface area contributed by atoms with Crippen LogP contribution in [-0.2, 0) is 9.53 Å². The second-order valence-corrected chi connectivity index (χ2v) is 4.45. The predicted molar refractivity (Wildman–Crippen MR) is 50.6 cm³/mol. The van der Waals surface area contributed by atoms with Gasteiger partial charge in [0, 0.05) is 0 Å². The van der Waals surface area contributed by atoms with Crippen LogP contribution in [0.1, 0.15) is 39.5 Å². The number of nitrogens with zero attached hydrogens (tertiary/aromatic N) is 1. The standard InChI is InChI=1S/C10H15NO3/c1-10(2)5-3-8(4-6-10)14-9(13)11-7-12/h8H,3-6H2,1-2H3. The largest absolute Gasteiger partial charge is 0.444 e. The first-order valence-electron chi connectivity index (χ1n) is 4.82. The van der Waals surface area contributed by atoms with Crippen molar-refractivity contribution in [3.63, 3.8) is 0 Å². The van der Waals surface area contributed by atoms with Crippen molar-refractivity contribution in [3.8, 4) is 0 Å². The average Bonchev–Trinajstić information content (AvgIpc) is 2.09. The van der Waals surface area contributed by atoms with Gasteiger partial charge in [0.1, 0.15) is 6.10 Å². The number of carbonyl (C=O) groups excluding carboxylic acids is 2. The Bertz CT molecular complexity index is 257. The first-order valence-corrected chi connectivity index (χ1v) is 4.82. The van der Waals surface area contributed by atoms with Crippen molar-refractivity contribution in [1.82, 2.24) is 0 Å². The van der Waals surface area contributed by atoms with Crippen LogP contribution in [-0.4, -0.2) is 18.3 Å². The fourth-order valence-electron chi connectivity index (χ4n) is 1.70. The van der Waals surface area contributed by atoms with E-state index in [0.717, 1.165) is 25.7 Å². The Kier molecular flexibility index (Phi) is 3.42. The Labute approximate surface area is 83.3 Å². The summed E-state index contributed by atoms with van der Waals surface area (Å²) in [4.78, 5) is 23.5. The van der Waals surface area contributed by atoms with Crippen LogP contribution in [0.15, 0.2) is 4.99 Å². The van der Waals surface area contributed by atoms with E-state index in [9.17, 15) is 9.59 Å². The van der Waals surface area contributed by atoms with Gasteiger partial charge in [-0.05, 0) is 31.1 Å². The maximum absolute atomic E-state index is 10.8. The van der Waals surface area contributed by atoms with Gasteiger partial charge in [-0.1, -0.05) is 18.8 Å². The third kappa shape index (κ3) is 3.30. The van der Waals surface area contributed by atoms with Gasteiger partial charge < -0.3 is 4.74 Å². The lowest BCUT2D eigenvalue weighted by molar-refractivity contribution is 0.0539. The minimum atomic E-state index is -0.815.